The number of fused-ring (bicyclic) bond motifs is 1. The highest BCUT2D eigenvalue weighted by Crippen LogP contribution is 2.15. The normalized spacial score (nSPS) is 10.8. The first-order valence-electron chi connectivity index (χ1n) is 6.82. The lowest BCUT2D eigenvalue weighted by Crippen LogP contribution is -2.32. The third-order valence-electron chi connectivity index (χ3n) is 3.35. The number of carbonyl (C=O) groups excluding carboxylic acids is 1. The van der Waals surface area contributed by atoms with Crippen LogP contribution in [0.5, 0.6) is 0 Å². The molecule has 2 aromatic rings. The van der Waals surface area contributed by atoms with Crippen molar-refractivity contribution in [2.75, 3.05) is 19.6 Å². The molecule has 102 valence electrons. The first-order chi connectivity index (χ1) is 9.26. The van der Waals surface area contributed by atoms with Crippen LogP contribution in [0.3, 0.4) is 0 Å². The molecule has 0 saturated heterocycles. The number of rotatable bonds is 6. The minimum Gasteiger partial charge on any atom is -0.361 e. The molecule has 0 aliphatic heterocycles. The zero-order valence-electron chi connectivity index (χ0n) is 11.4. The fourth-order valence-electron chi connectivity index (χ4n) is 2.21. The highest BCUT2D eigenvalue weighted by Gasteiger charge is 2.14. The minimum atomic E-state index is 0.0935. The molecule has 1 aromatic carbocycles. The molecule has 0 aliphatic carbocycles. The van der Waals surface area contributed by atoms with Crippen LogP contribution in [0.25, 0.3) is 10.9 Å². The van der Waals surface area contributed by atoms with Gasteiger partial charge in [-0.3, -0.25) is 4.79 Å². The molecule has 4 nitrogen and oxygen atoms in total. The fourth-order valence-corrected chi connectivity index (χ4v) is 2.21. The van der Waals surface area contributed by atoms with Gasteiger partial charge in [0, 0.05) is 30.4 Å². The number of unbranched alkanes of at least 4 members (excludes halogenated alkanes) is 1. The second kappa shape index (κ2) is 6.38. The largest absolute Gasteiger partial charge is 0.361 e. The molecule has 19 heavy (non-hydrogen) atoms. The Morgan fingerprint density at radius 2 is 2.16 bits per heavy atom. The van der Waals surface area contributed by atoms with Gasteiger partial charge >= 0.3 is 0 Å². The molecule has 0 aliphatic rings. The number of carbonyl (C=O) groups is 1. The predicted molar refractivity (Wildman–Crippen MR) is 78.2 cm³/mol. The van der Waals surface area contributed by atoms with Crippen LogP contribution in [0.2, 0.25) is 0 Å². The molecule has 0 saturated carbocycles. The summed E-state index contributed by atoms with van der Waals surface area (Å²) in [7, 11) is 0. The topological polar surface area (TPSA) is 62.1 Å². The van der Waals surface area contributed by atoms with Crippen LogP contribution >= 0.6 is 0 Å². The molecule has 0 fully saturated rings. The van der Waals surface area contributed by atoms with Crippen molar-refractivity contribution in [3.63, 3.8) is 0 Å². The average molecular weight is 259 g/mol. The maximum atomic E-state index is 12.4. The molecule has 1 heterocycles. The van der Waals surface area contributed by atoms with Crippen LogP contribution in [-0.2, 0) is 0 Å². The third kappa shape index (κ3) is 3.15. The van der Waals surface area contributed by atoms with Crippen molar-refractivity contribution in [1.29, 1.82) is 0 Å². The van der Waals surface area contributed by atoms with Gasteiger partial charge in [0.05, 0.1) is 0 Å². The van der Waals surface area contributed by atoms with Crippen LogP contribution in [0.1, 0.15) is 30.1 Å². The highest BCUT2D eigenvalue weighted by atomic mass is 16.2. The maximum absolute atomic E-state index is 12.4. The standard InChI is InChI=1S/C15H21N3O/c1-2-18(10-4-3-8-16)15(19)13-6-5-12-7-9-17-14(12)11-13/h5-7,9,11,17H,2-4,8,10,16H2,1H3. The molecule has 0 atom stereocenters. The molecule has 3 N–H and O–H groups in total. The van der Waals surface area contributed by atoms with E-state index in [1.165, 1.54) is 0 Å². The van der Waals surface area contributed by atoms with Gasteiger partial charge in [-0.25, -0.2) is 0 Å². The molecule has 2 rings (SSSR count). The zero-order chi connectivity index (χ0) is 13.7. The van der Waals surface area contributed by atoms with E-state index < -0.39 is 0 Å². The summed E-state index contributed by atoms with van der Waals surface area (Å²) in [5.74, 6) is 0.0935. The molecule has 4 heteroatoms. The van der Waals surface area contributed by atoms with E-state index in [0.29, 0.717) is 6.54 Å². The van der Waals surface area contributed by atoms with Gasteiger partial charge < -0.3 is 15.6 Å². The number of nitrogens with one attached hydrogen (secondary N) is 1. The van der Waals surface area contributed by atoms with Crippen molar-refractivity contribution in [3.8, 4) is 0 Å². The van der Waals surface area contributed by atoms with Crippen LogP contribution in [0, 0.1) is 0 Å². The van der Waals surface area contributed by atoms with Gasteiger partial charge in [0.2, 0.25) is 0 Å². The lowest BCUT2D eigenvalue weighted by Gasteiger charge is -2.20. The summed E-state index contributed by atoms with van der Waals surface area (Å²) in [6.45, 7) is 4.19. The van der Waals surface area contributed by atoms with Gasteiger partial charge in [-0.2, -0.15) is 0 Å². The van der Waals surface area contributed by atoms with Crippen molar-refractivity contribution in [3.05, 3.63) is 36.0 Å². The Bertz CT molecular complexity index is 547. The molecule has 0 bridgehead atoms. The van der Waals surface area contributed by atoms with Gasteiger partial charge in [-0.1, -0.05) is 6.07 Å². The summed E-state index contributed by atoms with van der Waals surface area (Å²) in [6, 6.07) is 7.79. The molecule has 0 radical (unpaired) electrons. The quantitative estimate of drug-likeness (QED) is 0.782. The van der Waals surface area contributed by atoms with Crippen molar-refractivity contribution in [2.45, 2.75) is 19.8 Å². The molecular formula is C15H21N3O. The molecular weight excluding hydrogens is 238 g/mol. The number of hydrogen-bond acceptors (Lipinski definition) is 2. The number of nitrogens with zero attached hydrogens (tertiary/aromatic N) is 1. The van der Waals surface area contributed by atoms with Crippen LogP contribution < -0.4 is 5.73 Å². The molecule has 1 amide bonds. The predicted octanol–water partition coefficient (Wildman–Crippen LogP) is 2.37. The van der Waals surface area contributed by atoms with Crippen LogP contribution in [-0.4, -0.2) is 35.4 Å². The summed E-state index contributed by atoms with van der Waals surface area (Å²) >= 11 is 0. The van der Waals surface area contributed by atoms with E-state index >= 15 is 0 Å². The number of H-pyrrole nitrogens is 1. The van der Waals surface area contributed by atoms with Crippen molar-refractivity contribution >= 4 is 16.8 Å². The number of nitrogens with two attached hydrogens (primary N) is 1. The Morgan fingerprint density at radius 3 is 2.89 bits per heavy atom. The first-order valence-corrected chi connectivity index (χ1v) is 6.82. The van der Waals surface area contributed by atoms with E-state index in [2.05, 4.69) is 4.98 Å². The Labute approximate surface area is 113 Å². The summed E-state index contributed by atoms with van der Waals surface area (Å²) in [5.41, 5.74) is 7.23. The summed E-state index contributed by atoms with van der Waals surface area (Å²) < 4.78 is 0. The molecule has 0 spiro atoms. The summed E-state index contributed by atoms with van der Waals surface area (Å²) in [4.78, 5) is 17.4. The van der Waals surface area contributed by atoms with Gasteiger partial charge in [-0.05, 0) is 49.9 Å². The number of aromatic nitrogens is 1. The molecule has 1 aromatic heterocycles. The van der Waals surface area contributed by atoms with Crippen molar-refractivity contribution in [1.82, 2.24) is 9.88 Å². The summed E-state index contributed by atoms with van der Waals surface area (Å²) in [6.07, 6.45) is 3.80. The third-order valence-corrected chi connectivity index (χ3v) is 3.35. The van der Waals surface area contributed by atoms with E-state index in [1.54, 1.807) is 0 Å². The van der Waals surface area contributed by atoms with E-state index in [0.717, 1.165) is 42.4 Å². The van der Waals surface area contributed by atoms with Gasteiger partial charge in [0.25, 0.3) is 5.91 Å². The van der Waals surface area contributed by atoms with E-state index in [4.69, 9.17) is 5.73 Å². The van der Waals surface area contributed by atoms with Gasteiger partial charge in [-0.15, -0.1) is 0 Å². The number of aromatic amines is 1. The first kappa shape index (κ1) is 13.6. The summed E-state index contributed by atoms with van der Waals surface area (Å²) in [5, 5.41) is 1.13. The smallest absolute Gasteiger partial charge is 0.253 e. The Kier molecular flexibility index (Phi) is 4.58. The molecule has 0 unspecified atom stereocenters. The van der Waals surface area contributed by atoms with Crippen molar-refractivity contribution < 1.29 is 4.79 Å². The number of hydrogen-bond donors (Lipinski definition) is 2. The lowest BCUT2D eigenvalue weighted by atomic mass is 10.1. The van der Waals surface area contributed by atoms with E-state index in [1.807, 2.05) is 42.3 Å². The second-order valence-electron chi connectivity index (χ2n) is 4.66. The average Bonchev–Trinajstić information content (AvgIpc) is 2.90. The monoisotopic (exact) mass is 259 g/mol. The highest BCUT2D eigenvalue weighted by molar-refractivity contribution is 5.97. The minimum absolute atomic E-state index is 0.0935. The second-order valence-corrected chi connectivity index (χ2v) is 4.66. The maximum Gasteiger partial charge on any atom is 0.253 e. The Balaban J connectivity index is 2.11. The Morgan fingerprint density at radius 1 is 1.32 bits per heavy atom. The van der Waals surface area contributed by atoms with E-state index in [-0.39, 0.29) is 5.91 Å². The fraction of sp³-hybridized carbons (Fsp3) is 0.400. The SMILES string of the molecule is CCN(CCCCN)C(=O)c1ccc2cc[nH]c2c1. The van der Waals surface area contributed by atoms with Crippen LogP contribution in [0.4, 0.5) is 0 Å². The van der Waals surface area contributed by atoms with E-state index in [9.17, 15) is 4.79 Å². The van der Waals surface area contributed by atoms with Crippen LogP contribution in [0.15, 0.2) is 30.5 Å². The zero-order valence-corrected chi connectivity index (χ0v) is 11.4. The number of benzene rings is 1. The lowest BCUT2D eigenvalue weighted by molar-refractivity contribution is 0.0762. The van der Waals surface area contributed by atoms with Crippen molar-refractivity contribution in [2.24, 2.45) is 5.73 Å². The van der Waals surface area contributed by atoms with Gasteiger partial charge in [0.1, 0.15) is 0 Å². The van der Waals surface area contributed by atoms with Gasteiger partial charge in [0.15, 0.2) is 0 Å². The number of amides is 1. The Hall–Kier alpha value is -1.81.